The Kier molecular flexibility index (Phi) is 4.77. The van der Waals surface area contributed by atoms with Crippen LogP contribution in [0.1, 0.15) is 5.56 Å². The molecular weight excluding hydrogens is 330 g/mol. The Labute approximate surface area is 152 Å². The molecule has 0 saturated carbocycles. The minimum absolute atomic E-state index is 0.258. The van der Waals surface area contributed by atoms with Crippen LogP contribution in [0.2, 0.25) is 0 Å². The lowest BCUT2D eigenvalue weighted by Gasteiger charge is -2.29. The maximum absolute atomic E-state index is 12.1. The molecular formula is C20H25N3O3+2. The summed E-state index contributed by atoms with van der Waals surface area (Å²) in [6.45, 7) is 6.02. The van der Waals surface area contributed by atoms with E-state index in [1.165, 1.54) is 10.5 Å². The van der Waals surface area contributed by atoms with Gasteiger partial charge in [-0.2, -0.15) is 0 Å². The van der Waals surface area contributed by atoms with Gasteiger partial charge < -0.3 is 19.0 Å². The van der Waals surface area contributed by atoms with E-state index in [-0.39, 0.29) is 5.76 Å². The zero-order chi connectivity index (χ0) is 17.9. The van der Waals surface area contributed by atoms with E-state index in [9.17, 15) is 4.79 Å². The molecule has 0 atom stereocenters. The van der Waals surface area contributed by atoms with Crippen LogP contribution in [0.5, 0.6) is 5.75 Å². The number of rotatable bonds is 5. The molecule has 1 fully saturated rings. The van der Waals surface area contributed by atoms with Gasteiger partial charge in [0.1, 0.15) is 38.5 Å². The Balaban J connectivity index is 1.36. The lowest BCUT2D eigenvalue weighted by atomic mass is 10.2. The van der Waals surface area contributed by atoms with Gasteiger partial charge in [0.15, 0.2) is 12.3 Å². The first-order valence-electron chi connectivity index (χ1n) is 9.11. The van der Waals surface area contributed by atoms with E-state index >= 15 is 0 Å². The van der Waals surface area contributed by atoms with E-state index in [0.29, 0.717) is 12.3 Å². The molecule has 1 saturated heterocycles. The summed E-state index contributed by atoms with van der Waals surface area (Å²) < 4.78 is 12.3. The van der Waals surface area contributed by atoms with Gasteiger partial charge in [0.2, 0.25) is 0 Å². The fourth-order valence-corrected chi connectivity index (χ4v) is 3.71. The van der Waals surface area contributed by atoms with Crippen LogP contribution in [0.15, 0.2) is 57.7 Å². The highest BCUT2D eigenvalue weighted by atomic mass is 16.5. The molecule has 136 valence electrons. The van der Waals surface area contributed by atoms with E-state index in [4.69, 9.17) is 9.15 Å². The molecule has 1 aliphatic heterocycles. The maximum Gasteiger partial charge on any atom is 0.424 e. The summed E-state index contributed by atoms with van der Waals surface area (Å²) in [4.78, 5) is 15.2. The monoisotopic (exact) mass is 355 g/mol. The minimum Gasteiger partial charge on any atom is -0.497 e. The molecule has 0 aliphatic carbocycles. The Morgan fingerprint density at radius 1 is 1.00 bits per heavy atom. The number of oxazole rings is 1. The summed E-state index contributed by atoms with van der Waals surface area (Å²) in [7, 11) is 1.69. The van der Waals surface area contributed by atoms with Gasteiger partial charge in [0.05, 0.1) is 12.6 Å². The lowest BCUT2D eigenvalue weighted by Crippen LogP contribution is -3.27. The highest BCUT2D eigenvalue weighted by Crippen LogP contribution is 2.11. The van der Waals surface area contributed by atoms with Crippen LogP contribution in [0.25, 0.3) is 11.1 Å². The Morgan fingerprint density at radius 2 is 1.69 bits per heavy atom. The summed E-state index contributed by atoms with van der Waals surface area (Å²) in [6, 6.07) is 16.0. The van der Waals surface area contributed by atoms with E-state index in [2.05, 4.69) is 12.1 Å². The molecule has 0 unspecified atom stereocenters. The third-order valence-electron chi connectivity index (χ3n) is 5.23. The average molecular weight is 355 g/mol. The SMILES string of the molecule is COc1ccc(C[NH+]2CC[NH+](Cn3c(=O)oc4ccccc43)CC2)cc1. The molecule has 2 N–H and O–H groups in total. The van der Waals surface area contributed by atoms with E-state index in [1.807, 2.05) is 36.4 Å². The number of quaternary nitrogens is 2. The van der Waals surface area contributed by atoms with Gasteiger partial charge in [-0.3, -0.25) is 0 Å². The highest BCUT2D eigenvalue weighted by molar-refractivity contribution is 5.72. The number of nitrogens with one attached hydrogen (secondary N) is 2. The predicted octanol–water partition coefficient (Wildman–Crippen LogP) is -0.456. The molecule has 0 radical (unpaired) electrons. The number of nitrogens with zero attached hydrogens (tertiary/aromatic N) is 1. The van der Waals surface area contributed by atoms with Gasteiger partial charge in [-0.25, -0.2) is 9.36 Å². The fraction of sp³-hybridized carbons (Fsp3) is 0.350. The molecule has 1 aliphatic rings. The van der Waals surface area contributed by atoms with Crippen molar-refractivity contribution >= 4 is 11.1 Å². The number of hydrogen-bond donors (Lipinski definition) is 2. The van der Waals surface area contributed by atoms with Crippen molar-refractivity contribution in [2.24, 2.45) is 0 Å². The van der Waals surface area contributed by atoms with Gasteiger partial charge in [-0.15, -0.1) is 0 Å². The Morgan fingerprint density at radius 3 is 2.42 bits per heavy atom. The number of piperazine rings is 1. The van der Waals surface area contributed by atoms with Crippen LogP contribution >= 0.6 is 0 Å². The molecule has 0 amide bonds. The number of aromatic nitrogens is 1. The van der Waals surface area contributed by atoms with Crippen molar-refractivity contribution in [1.82, 2.24) is 4.57 Å². The van der Waals surface area contributed by atoms with Gasteiger partial charge in [-0.05, 0) is 36.4 Å². The van der Waals surface area contributed by atoms with Crippen LogP contribution in [0, 0.1) is 0 Å². The van der Waals surface area contributed by atoms with Crippen molar-refractivity contribution < 1.29 is 19.0 Å². The fourth-order valence-electron chi connectivity index (χ4n) is 3.71. The molecule has 6 nitrogen and oxygen atoms in total. The molecule has 6 heteroatoms. The number of fused-ring (bicyclic) bond motifs is 1. The molecule has 2 heterocycles. The smallest absolute Gasteiger partial charge is 0.424 e. The second-order valence-electron chi connectivity index (χ2n) is 6.95. The van der Waals surface area contributed by atoms with Gasteiger partial charge >= 0.3 is 5.76 Å². The lowest BCUT2D eigenvalue weighted by molar-refractivity contribution is -1.03. The minimum atomic E-state index is -0.258. The molecule has 26 heavy (non-hydrogen) atoms. The number of ether oxygens (including phenoxy) is 1. The predicted molar refractivity (Wildman–Crippen MR) is 98.6 cm³/mol. The zero-order valence-electron chi connectivity index (χ0n) is 15.0. The van der Waals surface area contributed by atoms with Crippen molar-refractivity contribution in [2.75, 3.05) is 33.3 Å². The first kappa shape index (κ1) is 16.9. The average Bonchev–Trinajstić information content (AvgIpc) is 2.99. The summed E-state index contributed by atoms with van der Waals surface area (Å²) in [5, 5.41) is 0. The third kappa shape index (κ3) is 3.52. The molecule has 1 aromatic heterocycles. The topological polar surface area (TPSA) is 53.2 Å². The van der Waals surface area contributed by atoms with Crippen LogP contribution in [-0.4, -0.2) is 37.9 Å². The van der Waals surface area contributed by atoms with Crippen molar-refractivity contribution in [1.29, 1.82) is 0 Å². The van der Waals surface area contributed by atoms with Crippen LogP contribution in [0.4, 0.5) is 0 Å². The first-order valence-corrected chi connectivity index (χ1v) is 9.11. The van der Waals surface area contributed by atoms with Gasteiger partial charge in [-0.1, -0.05) is 12.1 Å². The number of benzene rings is 2. The summed E-state index contributed by atoms with van der Waals surface area (Å²) >= 11 is 0. The number of methoxy groups -OCH3 is 1. The Hall–Kier alpha value is -2.57. The maximum atomic E-state index is 12.1. The summed E-state index contributed by atoms with van der Waals surface area (Å²) in [5.41, 5.74) is 2.89. The van der Waals surface area contributed by atoms with Crippen molar-refractivity contribution in [3.05, 3.63) is 64.6 Å². The number of hydrogen-bond acceptors (Lipinski definition) is 3. The van der Waals surface area contributed by atoms with Gasteiger partial charge in [0.25, 0.3) is 0 Å². The highest BCUT2D eigenvalue weighted by Gasteiger charge is 2.24. The van der Waals surface area contributed by atoms with Crippen LogP contribution < -0.4 is 20.3 Å². The normalized spacial score (nSPS) is 20.3. The number of para-hydroxylation sites is 2. The van der Waals surface area contributed by atoms with Crippen molar-refractivity contribution in [2.45, 2.75) is 13.2 Å². The van der Waals surface area contributed by atoms with E-state index in [0.717, 1.165) is 44.0 Å². The molecule has 3 aromatic rings. The van der Waals surface area contributed by atoms with E-state index in [1.54, 1.807) is 16.6 Å². The molecule has 2 aromatic carbocycles. The molecule has 0 spiro atoms. The molecule has 4 rings (SSSR count). The van der Waals surface area contributed by atoms with Crippen molar-refractivity contribution in [3.8, 4) is 5.75 Å². The second-order valence-corrected chi connectivity index (χ2v) is 6.95. The Bertz CT molecular complexity index is 921. The summed E-state index contributed by atoms with van der Waals surface area (Å²) in [5.74, 6) is 0.641. The zero-order valence-corrected chi connectivity index (χ0v) is 15.0. The quantitative estimate of drug-likeness (QED) is 0.652. The van der Waals surface area contributed by atoms with Crippen LogP contribution in [-0.2, 0) is 13.2 Å². The van der Waals surface area contributed by atoms with Crippen LogP contribution in [0.3, 0.4) is 0 Å². The molecule has 0 bridgehead atoms. The third-order valence-corrected chi connectivity index (χ3v) is 5.23. The first-order chi connectivity index (χ1) is 12.7. The van der Waals surface area contributed by atoms with Gasteiger partial charge in [0, 0.05) is 5.56 Å². The van der Waals surface area contributed by atoms with Crippen molar-refractivity contribution in [3.63, 3.8) is 0 Å². The second kappa shape index (κ2) is 7.35. The largest absolute Gasteiger partial charge is 0.497 e. The standard InChI is InChI=1S/C20H23N3O3/c1-25-17-8-6-16(7-9-17)14-21-10-12-22(13-11-21)15-23-18-4-2-3-5-19(18)26-20(23)24/h2-9H,10-15H2,1H3/p+2. The van der Waals surface area contributed by atoms with E-state index < -0.39 is 0 Å². The summed E-state index contributed by atoms with van der Waals surface area (Å²) in [6.07, 6.45) is 0.